The number of carbonyl (C=O) groups is 1. The summed E-state index contributed by atoms with van der Waals surface area (Å²) in [5, 5.41) is 0. The molecule has 1 rings (SSSR count). The summed E-state index contributed by atoms with van der Waals surface area (Å²) in [6.45, 7) is 0. The first-order valence-corrected chi connectivity index (χ1v) is 3.11. The number of hydrogen-bond donors (Lipinski definition) is 1. The zero-order valence-corrected chi connectivity index (χ0v) is 5.58. The van der Waals surface area contributed by atoms with Crippen LogP contribution in [-0.2, 0) is 11.2 Å². The van der Waals surface area contributed by atoms with Crippen molar-refractivity contribution in [3.8, 4) is 0 Å². The fourth-order valence-electron chi connectivity index (χ4n) is 0.797. The number of carbonyl (C=O) groups excluding carboxylic acids is 1. The van der Waals surface area contributed by atoms with Crippen LogP contribution >= 0.6 is 0 Å². The van der Waals surface area contributed by atoms with Crippen molar-refractivity contribution < 1.29 is 4.79 Å². The van der Waals surface area contributed by atoms with Crippen LogP contribution in [0.15, 0.2) is 30.3 Å². The molecule has 1 amide bonds. The zero-order chi connectivity index (χ0) is 7.40. The Kier molecular flexibility index (Phi) is 5.20. The number of primary amides is 1. The second-order valence-electron chi connectivity index (χ2n) is 2.13. The predicted molar refractivity (Wildman–Crippen MR) is 46.5 cm³/mol. The molecular formula is C8H10NNaO. The first-order chi connectivity index (χ1) is 4.79. The Bertz CT molecular complexity index is 223. The molecule has 0 saturated heterocycles. The molecule has 0 radical (unpaired) electrons. The van der Waals surface area contributed by atoms with Gasteiger partial charge in [-0.15, -0.1) is 0 Å². The third kappa shape index (κ3) is 4.19. The number of rotatable bonds is 2. The fourth-order valence-corrected chi connectivity index (χ4v) is 0.797. The molecule has 3 heteroatoms. The molecule has 2 nitrogen and oxygen atoms in total. The first-order valence-electron chi connectivity index (χ1n) is 3.11. The molecule has 0 aliphatic carbocycles. The molecule has 1 aromatic carbocycles. The SMILES string of the molecule is NC(=O)Cc1ccccc1.[NaH]. The summed E-state index contributed by atoms with van der Waals surface area (Å²) in [5.74, 6) is -0.286. The minimum absolute atomic E-state index is 0. The standard InChI is InChI=1S/C8H9NO.Na.H/c9-8(10)6-7-4-2-1-3-5-7;;/h1-5H,6H2,(H2,9,10);;. The molecule has 54 valence electrons. The zero-order valence-electron chi connectivity index (χ0n) is 5.58. The van der Waals surface area contributed by atoms with Crippen molar-refractivity contribution in [3.05, 3.63) is 35.9 Å². The maximum atomic E-state index is 10.4. The first kappa shape index (κ1) is 10.7. The molecule has 0 bridgehead atoms. The summed E-state index contributed by atoms with van der Waals surface area (Å²) in [6, 6.07) is 9.44. The van der Waals surface area contributed by atoms with E-state index in [1.54, 1.807) is 0 Å². The summed E-state index contributed by atoms with van der Waals surface area (Å²) in [7, 11) is 0. The minimum atomic E-state index is -0.286. The molecule has 0 saturated carbocycles. The summed E-state index contributed by atoms with van der Waals surface area (Å²) >= 11 is 0. The Hall–Kier alpha value is -0.310. The van der Waals surface area contributed by atoms with Gasteiger partial charge < -0.3 is 5.73 Å². The fraction of sp³-hybridized carbons (Fsp3) is 0.125. The third-order valence-electron chi connectivity index (χ3n) is 1.22. The van der Waals surface area contributed by atoms with Crippen LogP contribution in [0.5, 0.6) is 0 Å². The molecule has 0 spiro atoms. The summed E-state index contributed by atoms with van der Waals surface area (Å²) in [4.78, 5) is 10.4. The van der Waals surface area contributed by atoms with Crippen molar-refractivity contribution in [1.82, 2.24) is 0 Å². The van der Waals surface area contributed by atoms with Crippen molar-refractivity contribution in [2.45, 2.75) is 6.42 Å². The number of nitrogens with two attached hydrogens (primary N) is 1. The van der Waals surface area contributed by atoms with E-state index in [-0.39, 0.29) is 35.5 Å². The van der Waals surface area contributed by atoms with Gasteiger partial charge in [-0.05, 0) is 5.56 Å². The Morgan fingerprint density at radius 1 is 1.27 bits per heavy atom. The van der Waals surface area contributed by atoms with E-state index < -0.39 is 0 Å². The van der Waals surface area contributed by atoms with Crippen molar-refractivity contribution in [2.75, 3.05) is 0 Å². The van der Waals surface area contributed by atoms with Crippen LogP contribution in [0.25, 0.3) is 0 Å². The van der Waals surface area contributed by atoms with Gasteiger partial charge in [0.2, 0.25) is 5.91 Å². The molecule has 0 fully saturated rings. The second kappa shape index (κ2) is 5.35. The number of benzene rings is 1. The Morgan fingerprint density at radius 2 is 1.82 bits per heavy atom. The van der Waals surface area contributed by atoms with E-state index in [1.165, 1.54) is 0 Å². The van der Waals surface area contributed by atoms with Crippen LogP contribution in [-0.4, -0.2) is 35.5 Å². The Morgan fingerprint density at radius 3 is 2.27 bits per heavy atom. The molecule has 0 unspecified atom stereocenters. The molecule has 0 aliphatic heterocycles. The van der Waals surface area contributed by atoms with E-state index in [0.29, 0.717) is 6.42 Å². The van der Waals surface area contributed by atoms with Gasteiger partial charge in [0.1, 0.15) is 0 Å². The summed E-state index contributed by atoms with van der Waals surface area (Å²) in [6.07, 6.45) is 0.334. The molecule has 0 atom stereocenters. The van der Waals surface area contributed by atoms with Gasteiger partial charge >= 0.3 is 29.6 Å². The van der Waals surface area contributed by atoms with Crippen LogP contribution in [0.4, 0.5) is 0 Å². The van der Waals surface area contributed by atoms with E-state index in [9.17, 15) is 4.79 Å². The quantitative estimate of drug-likeness (QED) is 0.609. The van der Waals surface area contributed by atoms with Crippen LogP contribution in [0, 0.1) is 0 Å². The second-order valence-corrected chi connectivity index (χ2v) is 2.13. The van der Waals surface area contributed by atoms with Crippen LogP contribution in [0.3, 0.4) is 0 Å². The van der Waals surface area contributed by atoms with Gasteiger partial charge in [-0.1, -0.05) is 30.3 Å². The van der Waals surface area contributed by atoms with E-state index >= 15 is 0 Å². The van der Waals surface area contributed by atoms with Crippen LogP contribution < -0.4 is 5.73 Å². The molecule has 0 aliphatic rings. The molecule has 11 heavy (non-hydrogen) atoms. The van der Waals surface area contributed by atoms with Crippen LogP contribution in [0.1, 0.15) is 5.56 Å². The van der Waals surface area contributed by atoms with Gasteiger partial charge in [-0.3, -0.25) is 4.79 Å². The van der Waals surface area contributed by atoms with Gasteiger partial charge in [-0.25, -0.2) is 0 Å². The van der Waals surface area contributed by atoms with E-state index in [2.05, 4.69) is 0 Å². The van der Waals surface area contributed by atoms with Gasteiger partial charge in [0.15, 0.2) is 0 Å². The molecule has 0 aromatic heterocycles. The van der Waals surface area contributed by atoms with Crippen molar-refractivity contribution in [3.63, 3.8) is 0 Å². The van der Waals surface area contributed by atoms with Gasteiger partial charge in [0.05, 0.1) is 6.42 Å². The molecule has 1 aromatic rings. The van der Waals surface area contributed by atoms with E-state index in [1.807, 2.05) is 30.3 Å². The van der Waals surface area contributed by atoms with Crippen LogP contribution in [0.2, 0.25) is 0 Å². The molecule has 0 heterocycles. The topological polar surface area (TPSA) is 43.1 Å². The number of amides is 1. The Balaban J connectivity index is 0.000001000. The average molecular weight is 159 g/mol. The van der Waals surface area contributed by atoms with E-state index in [0.717, 1.165) is 5.56 Å². The summed E-state index contributed by atoms with van der Waals surface area (Å²) < 4.78 is 0. The normalized spacial score (nSPS) is 8.36. The summed E-state index contributed by atoms with van der Waals surface area (Å²) in [5.41, 5.74) is 5.95. The van der Waals surface area contributed by atoms with Crippen molar-refractivity contribution >= 4 is 35.5 Å². The maximum absolute atomic E-state index is 10.4. The predicted octanol–water partition coefficient (Wildman–Crippen LogP) is 0.0659. The van der Waals surface area contributed by atoms with E-state index in [4.69, 9.17) is 5.73 Å². The van der Waals surface area contributed by atoms with Gasteiger partial charge in [-0.2, -0.15) is 0 Å². The third-order valence-corrected chi connectivity index (χ3v) is 1.22. The monoisotopic (exact) mass is 159 g/mol. The van der Waals surface area contributed by atoms with Gasteiger partial charge in [0.25, 0.3) is 0 Å². The van der Waals surface area contributed by atoms with Gasteiger partial charge in [0, 0.05) is 0 Å². The average Bonchev–Trinajstić information content (AvgIpc) is 1.88. The molecule has 2 N–H and O–H groups in total. The molecular weight excluding hydrogens is 149 g/mol. The van der Waals surface area contributed by atoms with Crippen molar-refractivity contribution in [2.24, 2.45) is 5.73 Å². The van der Waals surface area contributed by atoms with Crippen molar-refractivity contribution in [1.29, 1.82) is 0 Å². The number of hydrogen-bond acceptors (Lipinski definition) is 1. The Labute approximate surface area is 88.1 Å².